The Kier molecular flexibility index (Phi) is 6.45. The van der Waals surface area contributed by atoms with Crippen LogP contribution in [0.5, 0.6) is 5.75 Å². The van der Waals surface area contributed by atoms with Gasteiger partial charge in [0.2, 0.25) is 5.90 Å². The van der Waals surface area contributed by atoms with Crippen molar-refractivity contribution in [2.75, 3.05) is 25.1 Å². The second-order valence-corrected chi connectivity index (χ2v) is 6.50. The fourth-order valence-corrected chi connectivity index (χ4v) is 2.86. The predicted molar refractivity (Wildman–Crippen MR) is 109 cm³/mol. The van der Waals surface area contributed by atoms with Crippen molar-refractivity contribution < 1.29 is 19.4 Å². The lowest BCUT2D eigenvalue weighted by Crippen LogP contribution is -2.42. The molecule has 2 N–H and O–H groups in total. The number of benzene rings is 2. The van der Waals surface area contributed by atoms with E-state index >= 15 is 0 Å². The van der Waals surface area contributed by atoms with Gasteiger partial charge in [-0.3, -0.25) is 4.79 Å². The van der Waals surface area contributed by atoms with Gasteiger partial charge in [-0.05, 0) is 36.4 Å². The summed E-state index contributed by atoms with van der Waals surface area (Å²) < 4.78 is 11.3. The van der Waals surface area contributed by atoms with Gasteiger partial charge in [0, 0.05) is 30.7 Å². The number of rotatable bonds is 9. The summed E-state index contributed by atoms with van der Waals surface area (Å²) in [5.41, 5.74) is 0.445. The Morgan fingerprint density at radius 3 is 2.68 bits per heavy atom. The number of amides is 1. The van der Waals surface area contributed by atoms with E-state index in [1.807, 2.05) is 54.6 Å². The molecule has 28 heavy (non-hydrogen) atoms. The Morgan fingerprint density at radius 1 is 1.25 bits per heavy atom. The van der Waals surface area contributed by atoms with Gasteiger partial charge in [0.25, 0.3) is 5.91 Å². The average molecular weight is 380 g/mol. The molecule has 3 rings (SSSR count). The van der Waals surface area contributed by atoms with Crippen molar-refractivity contribution in [3.63, 3.8) is 0 Å². The number of anilines is 1. The van der Waals surface area contributed by atoms with Crippen LogP contribution in [0.25, 0.3) is 0 Å². The number of hydrogen-bond donors (Lipinski definition) is 2. The summed E-state index contributed by atoms with van der Waals surface area (Å²) in [6.07, 6.45) is 2.63. The topological polar surface area (TPSA) is 80.2 Å². The van der Waals surface area contributed by atoms with Gasteiger partial charge >= 0.3 is 0 Å². The van der Waals surface area contributed by atoms with Crippen molar-refractivity contribution in [2.45, 2.75) is 18.4 Å². The van der Waals surface area contributed by atoms with Crippen LogP contribution < -0.4 is 10.1 Å². The van der Waals surface area contributed by atoms with E-state index in [4.69, 9.17) is 14.6 Å². The Bertz CT molecular complexity index is 833. The molecule has 6 nitrogen and oxygen atoms in total. The highest BCUT2D eigenvalue weighted by Crippen LogP contribution is 2.28. The Hall–Kier alpha value is -3.12. The first-order chi connectivity index (χ1) is 13.7. The highest BCUT2D eigenvalue weighted by atomic mass is 16.5. The van der Waals surface area contributed by atoms with Crippen molar-refractivity contribution in [3.8, 4) is 5.75 Å². The van der Waals surface area contributed by atoms with Crippen molar-refractivity contribution in [2.24, 2.45) is 4.99 Å². The summed E-state index contributed by atoms with van der Waals surface area (Å²) >= 11 is 0. The van der Waals surface area contributed by atoms with Gasteiger partial charge in [0.1, 0.15) is 12.4 Å². The van der Waals surface area contributed by atoms with E-state index in [-0.39, 0.29) is 19.1 Å². The fraction of sp³-hybridized carbons (Fsp3) is 0.273. The highest BCUT2D eigenvalue weighted by Gasteiger charge is 2.43. The molecule has 2 aromatic carbocycles. The molecule has 0 aliphatic carbocycles. The van der Waals surface area contributed by atoms with E-state index in [1.54, 1.807) is 6.08 Å². The van der Waals surface area contributed by atoms with Crippen molar-refractivity contribution >= 4 is 17.5 Å². The molecular formula is C22H24N2O4. The van der Waals surface area contributed by atoms with E-state index in [0.717, 1.165) is 5.56 Å². The molecule has 1 amide bonds. The van der Waals surface area contributed by atoms with Crippen LogP contribution in [0.2, 0.25) is 0 Å². The number of para-hydroxylation sites is 1. The molecule has 1 aliphatic heterocycles. The zero-order chi connectivity index (χ0) is 19.8. The summed E-state index contributed by atoms with van der Waals surface area (Å²) in [5, 5.41) is 11.7. The minimum Gasteiger partial charge on any atom is -0.494 e. The number of ether oxygens (including phenoxy) is 2. The molecule has 0 aromatic heterocycles. The van der Waals surface area contributed by atoms with Crippen LogP contribution in [0.1, 0.15) is 18.4 Å². The van der Waals surface area contributed by atoms with Crippen LogP contribution in [0.15, 0.2) is 72.2 Å². The number of aliphatic imine (C=N–C) groups is 1. The molecule has 0 spiro atoms. The van der Waals surface area contributed by atoms with E-state index < -0.39 is 5.54 Å². The monoisotopic (exact) mass is 380 g/mol. The van der Waals surface area contributed by atoms with Crippen molar-refractivity contribution in [3.05, 3.63) is 72.8 Å². The minimum atomic E-state index is -1.04. The van der Waals surface area contributed by atoms with Crippen LogP contribution in [0, 0.1) is 0 Å². The van der Waals surface area contributed by atoms with Crippen molar-refractivity contribution in [1.82, 2.24) is 0 Å². The maximum atomic E-state index is 12.9. The molecule has 1 aliphatic rings. The van der Waals surface area contributed by atoms with E-state index in [2.05, 4.69) is 16.9 Å². The van der Waals surface area contributed by atoms with Gasteiger partial charge in [0.05, 0.1) is 6.61 Å². The number of carbonyl (C=O) groups is 1. The van der Waals surface area contributed by atoms with E-state index in [1.165, 1.54) is 0 Å². The van der Waals surface area contributed by atoms with Gasteiger partial charge in [-0.1, -0.05) is 24.3 Å². The molecule has 146 valence electrons. The lowest BCUT2D eigenvalue weighted by Gasteiger charge is -2.21. The number of carbonyl (C=O) groups excluding carboxylic acids is 1. The predicted octanol–water partition coefficient (Wildman–Crippen LogP) is 3.18. The summed E-state index contributed by atoms with van der Waals surface area (Å²) in [6.45, 7) is 4.47. The highest BCUT2D eigenvalue weighted by molar-refractivity contribution is 6.04. The number of nitrogens with one attached hydrogen (secondary N) is 1. The fourth-order valence-electron chi connectivity index (χ4n) is 2.86. The molecule has 1 heterocycles. The number of nitrogens with zero attached hydrogens (tertiary/aromatic N) is 1. The number of hydrogen-bond acceptors (Lipinski definition) is 5. The summed E-state index contributed by atoms with van der Waals surface area (Å²) in [4.78, 5) is 17.5. The van der Waals surface area contributed by atoms with Gasteiger partial charge in [-0.2, -0.15) is 0 Å². The molecular weight excluding hydrogens is 356 g/mol. The second kappa shape index (κ2) is 9.19. The first kappa shape index (κ1) is 19.6. The molecule has 0 fully saturated rings. The first-order valence-electron chi connectivity index (χ1n) is 9.21. The van der Waals surface area contributed by atoms with Crippen LogP contribution in [0.4, 0.5) is 5.69 Å². The maximum absolute atomic E-state index is 12.9. The Morgan fingerprint density at radius 2 is 2.00 bits per heavy atom. The minimum absolute atomic E-state index is 0.0964. The van der Waals surface area contributed by atoms with E-state index in [9.17, 15) is 4.79 Å². The molecule has 0 saturated heterocycles. The summed E-state index contributed by atoms with van der Waals surface area (Å²) in [7, 11) is 0. The van der Waals surface area contributed by atoms with Gasteiger partial charge in [0.15, 0.2) is 5.54 Å². The normalized spacial score (nSPS) is 18.1. The lowest BCUT2D eigenvalue weighted by molar-refractivity contribution is -0.121. The van der Waals surface area contributed by atoms with Crippen LogP contribution in [-0.4, -0.2) is 42.3 Å². The Labute approximate surface area is 164 Å². The molecule has 1 atom stereocenters. The quantitative estimate of drug-likeness (QED) is 0.517. The third-order valence-corrected chi connectivity index (χ3v) is 4.37. The standard InChI is InChI=1S/C22H24N2O4/c1-2-13-22(21(26)23-18-7-4-3-5-8-18)16-28-20(24-22)17-9-11-19(12-10-17)27-15-6-14-25/h2-5,7-12,25H,1,6,13-16H2,(H,23,26)/t22-/m1/s1. The largest absolute Gasteiger partial charge is 0.494 e. The molecule has 0 bridgehead atoms. The molecule has 6 heteroatoms. The molecule has 0 saturated carbocycles. The average Bonchev–Trinajstić information content (AvgIpc) is 3.15. The smallest absolute Gasteiger partial charge is 0.256 e. The van der Waals surface area contributed by atoms with Gasteiger partial charge in [-0.25, -0.2) is 4.99 Å². The zero-order valence-electron chi connectivity index (χ0n) is 15.6. The summed E-state index contributed by atoms with van der Waals surface area (Å²) in [6, 6.07) is 16.6. The lowest BCUT2D eigenvalue weighted by atomic mass is 9.96. The molecule has 2 aromatic rings. The van der Waals surface area contributed by atoms with Gasteiger partial charge in [-0.15, -0.1) is 6.58 Å². The zero-order valence-corrected chi connectivity index (χ0v) is 15.6. The maximum Gasteiger partial charge on any atom is 0.256 e. The number of aliphatic hydroxyl groups excluding tert-OH is 1. The van der Waals surface area contributed by atoms with Crippen molar-refractivity contribution in [1.29, 1.82) is 0 Å². The Balaban J connectivity index is 1.75. The molecule has 0 unspecified atom stereocenters. The van der Waals surface area contributed by atoms with Crippen LogP contribution in [-0.2, 0) is 9.53 Å². The molecule has 0 radical (unpaired) electrons. The van der Waals surface area contributed by atoms with Crippen LogP contribution in [0.3, 0.4) is 0 Å². The van der Waals surface area contributed by atoms with Crippen LogP contribution >= 0.6 is 0 Å². The number of aliphatic hydroxyl groups is 1. The summed E-state index contributed by atoms with van der Waals surface area (Å²) in [5.74, 6) is 0.902. The third-order valence-electron chi connectivity index (χ3n) is 4.37. The SMILES string of the molecule is C=CC[C@]1(C(=O)Nc2ccccc2)COC(c2ccc(OCCCO)cc2)=N1. The van der Waals surface area contributed by atoms with E-state index in [0.29, 0.717) is 36.8 Å². The first-order valence-corrected chi connectivity index (χ1v) is 9.21. The second-order valence-electron chi connectivity index (χ2n) is 6.50. The third kappa shape index (κ3) is 4.58. The van der Waals surface area contributed by atoms with Gasteiger partial charge < -0.3 is 19.9 Å².